The molecule has 5 rings (SSSR count). The number of ether oxygens (including phenoxy) is 4. The van der Waals surface area contributed by atoms with Crippen LogP contribution in [0.5, 0.6) is 11.5 Å². The summed E-state index contributed by atoms with van der Waals surface area (Å²) in [5.41, 5.74) is -0.108. The highest BCUT2D eigenvalue weighted by Gasteiger charge is 2.58. The highest BCUT2D eigenvalue weighted by atomic mass is 16.5. The zero-order valence-electron chi connectivity index (χ0n) is 30.8. The molecule has 13 nitrogen and oxygen atoms in total. The largest absolute Gasteiger partial charge is 0.489 e. The number of allylic oxidation sites excluding steroid dienone is 2. The summed E-state index contributed by atoms with van der Waals surface area (Å²) in [6, 6.07) is 12.0. The van der Waals surface area contributed by atoms with Gasteiger partial charge >= 0.3 is 11.9 Å². The number of hydrogen-bond acceptors (Lipinski definition) is 10. The number of aromatic nitrogens is 1. The van der Waals surface area contributed by atoms with Crippen LogP contribution in [0.25, 0.3) is 10.9 Å². The quantitative estimate of drug-likeness (QED) is 0.0892. The molecule has 53 heavy (non-hydrogen) atoms. The first-order valence-electron chi connectivity index (χ1n) is 17.4. The molecule has 2 amide bonds. The lowest BCUT2D eigenvalue weighted by Gasteiger charge is -2.46. The molecule has 0 spiro atoms. The summed E-state index contributed by atoms with van der Waals surface area (Å²) in [4.78, 5) is 71.1. The molecule has 0 bridgehead atoms. The zero-order valence-corrected chi connectivity index (χ0v) is 30.8. The number of carbonyl (C=O) groups excluding carboxylic acids is 5. The fourth-order valence-electron chi connectivity index (χ4n) is 6.49. The molecular formula is C40H46N4O9. The number of ketones is 1. The van der Waals surface area contributed by atoms with E-state index in [-0.39, 0.29) is 48.3 Å². The molecule has 3 N–H and O–H groups in total. The van der Waals surface area contributed by atoms with Crippen molar-refractivity contribution in [2.75, 3.05) is 47.1 Å². The van der Waals surface area contributed by atoms with Crippen LogP contribution in [-0.2, 0) is 40.6 Å². The predicted molar refractivity (Wildman–Crippen MR) is 197 cm³/mol. The summed E-state index contributed by atoms with van der Waals surface area (Å²) >= 11 is 0. The number of nitrogens with one attached hydrogen (secondary N) is 3. The maximum Gasteiger partial charge on any atom is 0.343 e. The van der Waals surface area contributed by atoms with E-state index >= 15 is 0 Å². The van der Waals surface area contributed by atoms with Crippen molar-refractivity contribution >= 4 is 40.4 Å². The molecule has 0 saturated carbocycles. The van der Waals surface area contributed by atoms with Gasteiger partial charge in [0.1, 0.15) is 18.1 Å². The van der Waals surface area contributed by atoms with Gasteiger partial charge in [0, 0.05) is 47.7 Å². The Bertz CT molecular complexity index is 1990. The highest BCUT2D eigenvalue weighted by molar-refractivity contribution is 6.15. The van der Waals surface area contributed by atoms with Crippen molar-refractivity contribution in [2.45, 2.75) is 45.6 Å². The van der Waals surface area contributed by atoms with E-state index in [0.29, 0.717) is 48.6 Å². The number of H-pyrrole nitrogens is 1. The molecule has 2 aliphatic heterocycles. The number of rotatable bonds is 15. The van der Waals surface area contributed by atoms with E-state index in [1.165, 1.54) is 20.3 Å². The SMILES string of the molecule is C=CCOc1ccccc1C(=O)C1=CN2CCc3c([nH]c4ccc(OCC(=O)NCCCCNC(=O)C(C)(C)C)cc34)C2(C(=O)OC)C(C(=O)OC)=C1. The van der Waals surface area contributed by atoms with Crippen molar-refractivity contribution in [2.24, 2.45) is 5.41 Å². The van der Waals surface area contributed by atoms with E-state index < -0.39 is 28.7 Å². The number of nitrogens with zero attached hydrogens (tertiary/aromatic N) is 1. The van der Waals surface area contributed by atoms with Gasteiger partial charge in [0.2, 0.25) is 11.4 Å². The summed E-state index contributed by atoms with van der Waals surface area (Å²) in [5, 5.41) is 6.46. The van der Waals surface area contributed by atoms with Gasteiger partial charge in [-0.25, -0.2) is 9.59 Å². The number of benzene rings is 2. The van der Waals surface area contributed by atoms with Gasteiger partial charge in [-0.1, -0.05) is 45.6 Å². The lowest BCUT2D eigenvalue weighted by molar-refractivity contribution is -0.156. The van der Waals surface area contributed by atoms with Crippen LogP contribution >= 0.6 is 0 Å². The van der Waals surface area contributed by atoms with Crippen LogP contribution in [0.15, 0.2) is 78.5 Å². The molecule has 0 fully saturated rings. The van der Waals surface area contributed by atoms with E-state index in [0.717, 1.165) is 17.4 Å². The maximum atomic E-state index is 14.0. The van der Waals surface area contributed by atoms with Crippen molar-refractivity contribution in [1.82, 2.24) is 20.5 Å². The van der Waals surface area contributed by atoms with Crippen LogP contribution in [0.3, 0.4) is 0 Å². The first kappa shape index (κ1) is 38.4. The van der Waals surface area contributed by atoms with Gasteiger partial charge in [0.25, 0.3) is 5.91 Å². The molecule has 1 unspecified atom stereocenters. The number of carbonyl (C=O) groups is 5. The van der Waals surface area contributed by atoms with Crippen LogP contribution in [-0.4, -0.2) is 86.5 Å². The maximum absolute atomic E-state index is 14.0. The van der Waals surface area contributed by atoms with Crippen molar-refractivity contribution in [3.05, 3.63) is 95.4 Å². The van der Waals surface area contributed by atoms with Crippen LogP contribution in [0.2, 0.25) is 0 Å². The average Bonchev–Trinajstić information content (AvgIpc) is 3.54. The molecule has 13 heteroatoms. The summed E-state index contributed by atoms with van der Waals surface area (Å²) in [7, 11) is 2.44. The monoisotopic (exact) mass is 726 g/mol. The molecule has 1 aromatic heterocycles. The summed E-state index contributed by atoms with van der Waals surface area (Å²) < 4.78 is 22.1. The number of methoxy groups -OCH3 is 2. The molecule has 280 valence electrons. The van der Waals surface area contributed by atoms with Gasteiger partial charge < -0.3 is 39.5 Å². The molecular weight excluding hydrogens is 680 g/mol. The standard InChI is InChI=1S/C40H46N4O9/c1-7-20-52-32-13-9-8-12-28(32)34(46)25-21-30(36(47)50-5)40(38(49)51-6)35-27(16-19-44(40)23-25)29-22-26(14-15-31(29)43-35)53-24-33(45)41-17-10-11-18-42-37(48)39(2,3)4/h7-9,12-15,21-23,43H,1,10-11,16-20,24H2,2-6H3,(H,41,45)(H,42,48). The smallest absolute Gasteiger partial charge is 0.343 e. The lowest BCUT2D eigenvalue weighted by Crippen LogP contribution is -2.58. The van der Waals surface area contributed by atoms with Gasteiger partial charge in [-0.3, -0.25) is 14.4 Å². The van der Waals surface area contributed by atoms with Gasteiger partial charge in [-0.05, 0) is 61.2 Å². The van der Waals surface area contributed by atoms with E-state index in [4.69, 9.17) is 18.9 Å². The van der Waals surface area contributed by atoms with Gasteiger partial charge in [0.15, 0.2) is 12.4 Å². The summed E-state index contributed by atoms with van der Waals surface area (Å²) in [6.45, 7) is 10.4. The first-order valence-corrected chi connectivity index (χ1v) is 17.4. The zero-order chi connectivity index (χ0) is 38.3. The fraction of sp³-hybridized carbons (Fsp3) is 0.375. The molecule has 0 aliphatic carbocycles. The summed E-state index contributed by atoms with van der Waals surface area (Å²) in [6.07, 6.45) is 6.37. The molecule has 0 radical (unpaired) electrons. The second kappa shape index (κ2) is 16.2. The van der Waals surface area contributed by atoms with E-state index in [1.54, 1.807) is 59.6 Å². The number of para-hydroxylation sites is 1. The topological polar surface area (TPSA) is 165 Å². The minimum absolute atomic E-state index is 0.0154. The van der Waals surface area contributed by atoms with Crippen LogP contribution in [0.1, 0.15) is 55.2 Å². The Kier molecular flexibility index (Phi) is 11.7. The molecule has 0 saturated heterocycles. The van der Waals surface area contributed by atoms with Gasteiger partial charge in [-0.2, -0.15) is 0 Å². The number of amides is 2. The third-order valence-corrected chi connectivity index (χ3v) is 9.16. The number of Topliss-reactive ketones (excluding diaryl/α,β-unsaturated/α-hetero) is 1. The Labute approximate surface area is 308 Å². The Morgan fingerprint density at radius 1 is 0.981 bits per heavy atom. The number of fused-ring (bicyclic) bond motifs is 5. The van der Waals surface area contributed by atoms with E-state index in [9.17, 15) is 24.0 Å². The number of esters is 2. The highest BCUT2D eigenvalue weighted by Crippen LogP contribution is 2.48. The molecule has 2 aromatic carbocycles. The van der Waals surface area contributed by atoms with Crippen LogP contribution in [0, 0.1) is 5.41 Å². The predicted octanol–water partition coefficient (Wildman–Crippen LogP) is 4.28. The molecule has 2 aliphatic rings. The van der Waals surface area contributed by atoms with Crippen molar-refractivity contribution < 1.29 is 42.9 Å². The first-order chi connectivity index (χ1) is 25.4. The summed E-state index contributed by atoms with van der Waals surface area (Å²) in [5.74, 6) is -1.49. The van der Waals surface area contributed by atoms with Gasteiger partial charge in [0.05, 0.1) is 31.1 Å². The van der Waals surface area contributed by atoms with Crippen molar-refractivity contribution in [3.63, 3.8) is 0 Å². The number of unbranched alkanes of at least 4 members (excludes halogenated alkanes) is 1. The second-order valence-corrected chi connectivity index (χ2v) is 13.7. The van der Waals surface area contributed by atoms with Crippen LogP contribution < -0.4 is 20.1 Å². The number of aromatic amines is 1. The molecule has 3 aromatic rings. The second-order valence-electron chi connectivity index (χ2n) is 13.7. The van der Waals surface area contributed by atoms with E-state index in [1.807, 2.05) is 20.8 Å². The Morgan fingerprint density at radius 2 is 1.72 bits per heavy atom. The fourth-order valence-corrected chi connectivity index (χ4v) is 6.49. The molecule has 1 atom stereocenters. The molecule has 3 heterocycles. The van der Waals surface area contributed by atoms with Crippen LogP contribution in [0.4, 0.5) is 0 Å². The third-order valence-electron chi connectivity index (χ3n) is 9.16. The average molecular weight is 727 g/mol. The Balaban J connectivity index is 1.38. The minimum Gasteiger partial charge on any atom is -0.489 e. The van der Waals surface area contributed by atoms with Crippen molar-refractivity contribution in [3.8, 4) is 11.5 Å². The van der Waals surface area contributed by atoms with E-state index in [2.05, 4.69) is 22.2 Å². The lowest BCUT2D eigenvalue weighted by atomic mass is 9.75. The Morgan fingerprint density at radius 3 is 2.42 bits per heavy atom. The Hall–Kier alpha value is -5.85. The number of hydrogen-bond donors (Lipinski definition) is 3. The third kappa shape index (κ3) is 7.84. The van der Waals surface area contributed by atoms with Crippen molar-refractivity contribution in [1.29, 1.82) is 0 Å². The minimum atomic E-state index is -1.80. The van der Waals surface area contributed by atoms with Gasteiger partial charge in [-0.15, -0.1) is 0 Å². The normalized spacial score (nSPS) is 16.3.